The predicted molar refractivity (Wildman–Crippen MR) is 99.2 cm³/mol. The van der Waals surface area contributed by atoms with E-state index in [0.717, 1.165) is 39.0 Å². The lowest BCUT2D eigenvalue weighted by atomic mass is 10.0. The van der Waals surface area contributed by atoms with Gasteiger partial charge in [0.25, 0.3) is 0 Å². The maximum Gasteiger partial charge on any atom is 0.237 e. The lowest BCUT2D eigenvalue weighted by Gasteiger charge is -2.35. The van der Waals surface area contributed by atoms with Gasteiger partial charge in [-0.3, -0.25) is 9.69 Å². The highest BCUT2D eigenvalue weighted by atomic mass is 16.5. The van der Waals surface area contributed by atoms with E-state index in [4.69, 9.17) is 4.74 Å². The van der Waals surface area contributed by atoms with Crippen LogP contribution in [0.5, 0.6) is 0 Å². The maximum atomic E-state index is 12.4. The number of carbonyl (C=O) groups excluding carboxylic acids is 1. The molecule has 2 N–H and O–H groups in total. The van der Waals surface area contributed by atoms with Gasteiger partial charge < -0.3 is 15.4 Å². The van der Waals surface area contributed by atoms with Crippen molar-refractivity contribution in [2.24, 2.45) is 0 Å². The summed E-state index contributed by atoms with van der Waals surface area (Å²) < 4.78 is 5.82. The fourth-order valence-corrected chi connectivity index (χ4v) is 3.92. The van der Waals surface area contributed by atoms with Gasteiger partial charge >= 0.3 is 0 Å². The highest BCUT2D eigenvalue weighted by Crippen LogP contribution is 2.17. The molecule has 0 spiro atoms. The van der Waals surface area contributed by atoms with Crippen LogP contribution in [0, 0.1) is 0 Å². The van der Waals surface area contributed by atoms with Gasteiger partial charge in [0.15, 0.2) is 0 Å². The Morgan fingerprint density at radius 1 is 1.20 bits per heavy atom. The third-order valence-electron chi connectivity index (χ3n) is 5.09. The first-order valence-electron chi connectivity index (χ1n) is 9.57. The summed E-state index contributed by atoms with van der Waals surface area (Å²) in [6.07, 6.45) is 3.79. The summed E-state index contributed by atoms with van der Waals surface area (Å²) >= 11 is 0. The number of nitrogens with zero attached hydrogens (tertiary/aromatic N) is 1. The third kappa shape index (κ3) is 5.27. The largest absolute Gasteiger partial charge is 0.373 e. The molecule has 0 saturated carbocycles. The topological polar surface area (TPSA) is 53.6 Å². The molecule has 3 atom stereocenters. The van der Waals surface area contributed by atoms with Crippen LogP contribution in [0.3, 0.4) is 0 Å². The Morgan fingerprint density at radius 3 is 2.60 bits per heavy atom. The van der Waals surface area contributed by atoms with E-state index in [1.54, 1.807) is 0 Å². The smallest absolute Gasteiger partial charge is 0.237 e. The van der Waals surface area contributed by atoms with Crippen molar-refractivity contribution < 1.29 is 9.53 Å². The Bertz CT molecular complexity index is 562. The van der Waals surface area contributed by atoms with E-state index < -0.39 is 0 Å². The second kappa shape index (κ2) is 8.79. The van der Waals surface area contributed by atoms with Crippen molar-refractivity contribution >= 4 is 5.91 Å². The van der Waals surface area contributed by atoms with Crippen LogP contribution in [0.4, 0.5) is 0 Å². The molecule has 5 nitrogen and oxygen atoms in total. The highest BCUT2D eigenvalue weighted by Gasteiger charge is 2.23. The molecular formula is C20H31N3O2. The summed E-state index contributed by atoms with van der Waals surface area (Å²) in [6, 6.07) is 8.40. The zero-order valence-electron chi connectivity index (χ0n) is 15.5. The molecule has 1 aromatic rings. The summed E-state index contributed by atoms with van der Waals surface area (Å²) in [5, 5.41) is 6.43. The number of hydrogen-bond acceptors (Lipinski definition) is 4. The molecule has 0 bridgehead atoms. The summed E-state index contributed by atoms with van der Waals surface area (Å²) in [5.74, 6) is 0.128. The van der Waals surface area contributed by atoms with Crippen molar-refractivity contribution in [2.45, 2.75) is 64.4 Å². The van der Waals surface area contributed by atoms with E-state index in [2.05, 4.69) is 53.6 Å². The number of nitrogens with one attached hydrogen (secondary N) is 2. The van der Waals surface area contributed by atoms with Gasteiger partial charge in [0.1, 0.15) is 0 Å². The molecule has 2 aliphatic heterocycles. The van der Waals surface area contributed by atoms with Gasteiger partial charge in [0.2, 0.25) is 5.91 Å². The lowest BCUT2D eigenvalue weighted by Crippen LogP contribution is -2.46. The minimum absolute atomic E-state index is 0.0261. The first kappa shape index (κ1) is 18.4. The zero-order chi connectivity index (χ0) is 17.6. The molecule has 0 radical (unpaired) electrons. The van der Waals surface area contributed by atoms with Crippen molar-refractivity contribution in [3.05, 3.63) is 35.4 Å². The summed E-state index contributed by atoms with van der Waals surface area (Å²) in [7, 11) is 0. The second-order valence-electron chi connectivity index (χ2n) is 7.44. The van der Waals surface area contributed by atoms with Gasteiger partial charge in [-0.2, -0.15) is 0 Å². The molecular weight excluding hydrogens is 314 g/mol. The van der Waals surface area contributed by atoms with E-state index in [9.17, 15) is 4.79 Å². The lowest BCUT2D eigenvalue weighted by molar-refractivity contribution is -0.123. The molecule has 2 aliphatic rings. The van der Waals surface area contributed by atoms with Crippen LogP contribution in [-0.2, 0) is 22.6 Å². The van der Waals surface area contributed by atoms with E-state index in [0.29, 0.717) is 6.54 Å². The van der Waals surface area contributed by atoms with Crippen LogP contribution >= 0.6 is 0 Å². The fraction of sp³-hybridized carbons (Fsp3) is 0.650. The molecule has 0 aliphatic carbocycles. The average Bonchev–Trinajstić information content (AvgIpc) is 2.60. The van der Waals surface area contributed by atoms with E-state index in [-0.39, 0.29) is 24.2 Å². The zero-order valence-corrected chi connectivity index (χ0v) is 15.5. The molecule has 138 valence electrons. The molecule has 2 fully saturated rings. The van der Waals surface area contributed by atoms with Crippen LogP contribution < -0.4 is 10.6 Å². The number of ether oxygens (including phenoxy) is 1. The van der Waals surface area contributed by atoms with Gasteiger partial charge in [0.05, 0.1) is 18.2 Å². The Hall–Kier alpha value is -1.43. The van der Waals surface area contributed by atoms with Crippen LogP contribution in [0.1, 0.15) is 44.2 Å². The van der Waals surface area contributed by atoms with Crippen LogP contribution in [-0.4, -0.2) is 48.7 Å². The fourth-order valence-electron chi connectivity index (χ4n) is 3.92. The Balaban J connectivity index is 1.57. The Labute approximate surface area is 151 Å². The van der Waals surface area contributed by atoms with Crippen LogP contribution in [0.25, 0.3) is 0 Å². The number of rotatable bonds is 5. The molecule has 1 aromatic carbocycles. The number of carbonyl (C=O) groups is 1. The number of hydrogen-bond donors (Lipinski definition) is 2. The summed E-state index contributed by atoms with van der Waals surface area (Å²) in [6.45, 7) is 8.63. The van der Waals surface area contributed by atoms with Gasteiger partial charge in [-0.05, 0) is 44.4 Å². The van der Waals surface area contributed by atoms with Gasteiger partial charge in [-0.1, -0.05) is 30.7 Å². The van der Waals surface area contributed by atoms with E-state index in [1.165, 1.54) is 17.5 Å². The first-order chi connectivity index (χ1) is 12.1. The number of piperidine rings is 1. The number of benzene rings is 1. The molecule has 2 heterocycles. The third-order valence-corrected chi connectivity index (χ3v) is 5.09. The molecule has 0 aromatic heterocycles. The molecule has 25 heavy (non-hydrogen) atoms. The van der Waals surface area contributed by atoms with E-state index in [1.807, 2.05) is 0 Å². The minimum Gasteiger partial charge on any atom is -0.373 e. The van der Waals surface area contributed by atoms with Crippen LogP contribution in [0.15, 0.2) is 24.3 Å². The predicted octanol–water partition coefficient (Wildman–Crippen LogP) is 2.05. The average molecular weight is 345 g/mol. The van der Waals surface area contributed by atoms with Gasteiger partial charge in [0, 0.05) is 26.2 Å². The molecule has 1 amide bonds. The monoisotopic (exact) mass is 345 g/mol. The number of morpholine rings is 1. The van der Waals surface area contributed by atoms with E-state index >= 15 is 0 Å². The summed E-state index contributed by atoms with van der Waals surface area (Å²) in [4.78, 5) is 14.8. The molecule has 5 heteroatoms. The highest BCUT2D eigenvalue weighted by molar-refractivity contribution is 5.81. The standard InChI is InChI=1S/C20H31N3O2/c1-15-12-23(13-16(2)25-15)14-18-8-4-3-7-17(18)11-22-20(24)19-9-5-6-10-21-19/h3-4,7-8,15-16,19,21H,5-6,9-14H2,1-2H3,(H,22,24)/t15?,16?,19-/m0/s1. The molecule has 2 saturated heterocycles. The minimum atomic E-state index is -0.0261. The SMILES string of the molecule is CC1CN(Cc2ccccc2CNC(=O)[C@@H]2CCCCN2)CC(C)O1. The normalized spacial score (nSPS) is 27.8. The molecule has 2 unspecified atom stereocenters. The molecule has 3 rings (SSSR count). The Kier molecular flexibility index (Phi) is 6.45. The van der Waals surface area contributed by atoms with Crippen LogP contribution in [0.2, 0.25) is 0 Å². The van der Waals surface area contributed by atoms with Crippen molar-refractivity contribution in [3.63, 3.8) is 0 Å². The van der Waals surface area contributed by atoms with Gasteiger partial charge in [-0.15, -0.1) is 0 Å². The second-order valence-corrected chi connectivity index (χ2v) is 7.44. The first-order valence-corrected chi connectivity index (χ1v) is 9.57. The maximum absolute atomic E-state index is 12.4. The number of amides is 1. The van der Waals surface area contributed by atoms with Crippen molar-refractivity contribution in [2.75, 3.05) is 19.6 Å². The van der Waals surface area contributed by atoms with Crippen molar-refractivity contribution in [1.29, 1.82) is 0 Å². The Morgan fingerprint density at radius 2 is 1.92 bits per heavy atom. The summed E-state index contributed by atoms with van der Waals surface area (Å²) in [5.41, 5.74) is 2.50. The van der Waals surface area contributed by atoms with Crippen molar-refractivity contribution in [3.8, 4) is 0 Å². The quantitative estimate of drug-likeness (QED) is 0.858. The van der Waals surface area contributed by atoms with Crippen molar-refractivity contribution in [1.82, 2.24) is 15.5 Å². The van der Waals surface area contributed by atoms with Gasteiger partial charge in [-0.25, -0.2) is 0 Å².